The number of hydrogen-bond acceptors (Lipinski definition) is 3. The Labute approximate surface area is 101 Å². The molecule has 4 heteroatoms. The minimum Gasteiger partial charge on any atom is -0.379 e. The molecule has 1 unspecified atom stereocenters. The number of nitrogens with two attached hydrogens (primary N) is 1. The fraction of sp³-hybridized carbons (Fsp3) is 0.538. The number of likely N-dealkylation sites (N-methyl/N-ethyl adjacent to an activating group) is 1. The van der Waals surface area contributed by atoms with Crippen molar-refractivity contribution in [1.29, 1.82) is 0 Å². The maximum Gasteiger partial charge on any atom is 0.146 e. The zero-order valence-corrected chi connectivity index (χ0v) is 10.2. The molecule has 1 aliphatic rings. The quantitative estimate of drug-likeness (QED) is 0.865. The van der Waals surface area contributed by atoms with Crippen molar-refractivity contribution < 1.29 is 9.13 Å². The van der Waals surface area contributed by atoms with Crippen molar-refractivity contribution in [2.75, 3.05) is 31.7 Å². The van der Waals surface area contributed by atoms with Gasteiger partial charge in [0.1, 0.15) is 5.82 Å². The molecule has 0 saturated carbocycles. The van der Waals surface area contributed by atoms with E-state index in [-0.39, 0.29) is 11.9 Å². The second-order valence-corrected chi connectivity index (χ2v) is 4.41. The molecule has 1 atom stereocenters. The zero-order valence-electron chi connectivity index (χ0n) is 10.2. The van der Waals surface area contributed by atoms with Gasteiger partial charge in [0.15, 0.2) is 0 Å². The predicted octanol–water partition coefficient (Wildman–Crippen LogP) is 1.55. The molecule has 1 aliphatic heterocycles. The number of halogens is 1. The molecule has 0 amide bonds. The first-order valence-electron chi connectivity index (χ1n) is 6.02. The summed E-state index contributed by atoms with van der Waals surface area (Å²) >= 11 is 0. The van der Waals surface area contributed by atoms with E-state index in [0.29, 0.717) is 25.3 Å². The molecule has 0 aliphatic carbocycles. The molecule has 0 bridgehead atoms. The summed E-state index contributed by atoms with van der Waals surface area (Å²) in [5.41, 5.74) is 7.22. The Morgan fingerprint density at radius 2 is 2.35 bits per heavy atom. The number of ether oxygens (including phenoxy) is 1. The van der Waals surface area contributed by atoms with Crippen molar-refractivity contribution in [3.8, 4) is 0 Å². The largest absolute Gasteiger partial charge is 0.379 e. The van der Waals surface area contributed by atoms with Crippen LogP contribution in [0.15, 0.2) is 18.2 Å². The van der Waals surface area contributed by atoms with E-state index in [0.717, 1.165) is 18.6 Å². The summed E-state index contributed by atoms with van der Waals surface area (Å²) < 4.78 is 19.3. The maximum atomic E-state index is 14.0. The molecule has 2 rings (SSSR count). The van der Waals surface area contributed by atoms with Gasteiger partial charge in [-0.3, -0.25) is 0 Å². The van der Waals surface area contributed by atoms with Gasteiger partial charge in [-0.2, -0.15) is 0 Å². The van der Waals surface area contributed by atoms with E-state index >= 15 is 0 Å². The molecule has 1 fully saturated rings. The average molecular weight is 238 g/mol. The van der Waals surface area contributed by atoms with E-state index in [4.69, 9.17) is 10.5 Å². The standard InChI is InChI=1S/C13H19FN2O/c1-16(11-6-8-17-9-11)13-10(5-7-15)3-2-4-12(13)14/h2-4,11H,5-9,15H2,1H3. The minimum atomic E-state index is -0.176. The van der Waals surface area contributed by atoms with Crippen LogP contribution in [0.4, 0.5) is 10.1 Å². The van der Waals surface area contributed by atoms with Gasteiger partial charge < -0.3 is 15.4 Å². The average Bonchev–Trinajstić information content (AvgIpc) is 2.82. The molecular weight excluding hydrogens is 219 g/mol. The molecule has 3 nitrogen and oxygen atoms in total. The Morgan fingerprint density at radius 1 is 1.53 bits per heavy atom. The molecule has 1 aromatic carbocycles. The molecule has 2 N–H and O–H groups in total. The Bertz CT molecular complexity index is 378. The highest BCUT2D eigenvalue weighted by molar-refractivity contribution is 5.55. The number of benzene rings is 1. The van der Waals surface area contributed by atoms with Crippen molar-refractivity contribution >= 4 is 5.69 Å². The number of para-hydroxylation sites is 1. The Morgan fingerprint density at radius 3 is 3.00 bits per heavy atom. The van der Waals surface area contributed by atoms with Crippen LogP contribution in [0.25, 0.3) is 0 Å². The summed E-state index contributed by atoms with van der Waals surface area (Å²) in [7, 11) is 1.93. The molecule has 1 saturated heterocycles. The van der Waals surface area contributed by atoms with Crippen molar-refractivity contribution in [3.63, 3.8) is 0 Å². The maximum absolute atomic E-state index is 14.0. The lowest BCUT2D eigenvalue weighted by Crippen LogP contribution is -2.33. The van der Waals surface area contributed by atoms with Crippen LogP contribution in [0, 0.1) is 5.82 Å². The second-order valence-electron chi connectivity index (χ2n) is 4.41. The van der Waals surface area contributed by atoms with Crippen molar-refractivity contribution in [2.24, 2.45) is 5.73 Å². The fourth-order valence-corrected chi connectivity index (χ4v) is 2.32. The van der Waals surface area contributed by atoms with Crippen LogP contribution >= 0.6 is 0 Å². The number of nitrogens with zero attached hydrogens (tertiary/aromatic N) is 1. The molecule has 0 spiro atoms. The van der Waals surface area contributed by atoms with Gasteiger partial charge in [0, 0.05) is 13.7 Å². The van der Waals surface area contributed by atoms with Crippen LogP contribution < -0.4 is 10.6 Å². The second kappa shape index (κ2) is 5.47. The number of anilines is 1. The van der Waals surface area contributed by atoms with Crippen molar-refractivity contribution in [2.45, 2.75) is 18.9 Å². The molecule has 1 aromatic rings. The van der Waals surface area contributed by atoms with Crippen LogP contribution in [-0.4, -0.2) is 32.8 Å². The van der Waals surface area contributed by atoms with Crippen LogP contribution in [0.5, 0.6) is 0 Å². The summed E-state index contributed by atoms with van der Waals surface area (Å²) in [4.78, 5) is 1.99. The van der Waals surface area contributed by atoms with Gasteiger partial charge in [0.25, 0.3) is 0 Å². The summed E-state index contributed by atoms with van der Waals surface area (Å²) in [6.45, 7) is 1.97. The van der Waals surface area contributed by atoms with Crippen LogP contribution in [0.3, 0.4) is 0 Å². The van der Waals surface area contributed by atoms with E-state index in [1.807, 2.05) is 18.0 Å². The Hall–Kier alpha value is -1.13. The molecular formula is C13H19FN2O. The summed E-state index contributed by atoms with van der Waals surface area (Å²) in [6.07, 6.45) is 1.65. The van der Waals surface area contributed by atoms with Gasteiger partial charge in [-0.15, -0.1) is 0 Å². The lowest BCUT2D eigenvalue weighted by atomic mass is 10.1. The normalized spacial score (nSPS) is 19.6. The van der Waals surface area contributed by atoms with Crippen LogP contribution in [0.2, 0.25) is 0 Å². The van der Waals surface area contributed by atoms with Crippen LogP contribution in [-0.2, 0) is 11.2 Å². The highest BCUT2D eigenvalue weighted by Gasteiger charge is 2.24. The monoisotopic (exact) mass is 238 g/mol. The highest BCUT2D eigenvalue weighted by Crippen LogP contribution is 2.27. The van der Waals surface area contributed by atoms with Gasteiger partial charge in [-0.1, -0.05) is 12.1 Å². The van der Waals surface area contributed by atoms with Crippen LogP contribution in [0.1, 0.15) is 12.0 Å². The third-order valence-corrected chi connectivity index (χ3v) is 3.29. The van der Waals surface area contributed by atoms with Crippen molar-refractivity contribution in [3.05, 3.63) is 29.6 Å². The first-order chi connectivity index (χ1) is 8.24. The predicted molar refractivity (Wildman–Crippen MR) is 66.8 cm³/mol. The van der Waals surface area contributed by atoms with Gasteiger partial charge in [-0.05, 0) is 31.0 Å². The summed E-state index contributed by atoms with van der Waals surface area (Å²) in [5.74, 6) is -0.176. The van der Waals surface area contributed by atoms with E-state index < -0.39 is 0 Å². The molecule has 17 heavy (non-hydrogen) atoms. The molecule has 94 valence electrons. The van der Waals surface area contributed by atoms with E-state index in [1.165, 1.54) is 6.07 Å². The number of rotatable bonds is 4. The third-order valence-electron chi connectivity index (χ3n) is 3.29. The van der Waals surface area contributed by atoms with Gasteiger partial charge in [0.2, 0.25) is 0 Å². The molecule has 0 radical (unpaired) electrons. The van der Waals surface area contributed by atoms with Crippen molar-refractivity contribution in [1.82, 2.24) is 0 Å². The Kier molecular flexibility index (Phi) is 3.97. The first-order valence-corrected chi connectivity index (χ1v) is 6.02. The first kappa shape index (κ1) is 12.3. The fourth-order valence-electron chi connectivity index (χ4n) is 2.32. The smallest absolute Gasteiger partial charge is 0.146 e. The molecule has 0 aromatic heterocycles. The van der Waals surface area contributed by atoms with E-state index in [1.54, 1.807) is 6.07 Å². The zero-order chi connectivity index (χ0) is 12.3. The number of hydrogen-bond donors (Lipinski definition) is 1. The van der Waals surface area contributed by atoms with E-state index in [2.05, 4.69) is 0 Å². The van der Waals surface area contributed by atoms with Gasteiger partial charge >= 0.3 is 0 Å². The highest BCUT2D eigenvalue weighted by atomic mass is 19.1. The lowest BCUT2D eigenvalue weighted by molar-refractivity contribution is 0.193. The minimum absolute atomic E-state index is 0.176. The topological polar surface area (TPSA) is 38.5 Å². The molecule has 1 heterocycles. The van der Waals surface area contributed by atoms with Gasteiger partial charge in [0.05, 0.1) is 18.3 Å². The van der Waals surface area contributed by atoms with E-state index in [9.17, 15) is 4.39 Å². The lowest BCUT2D eigenvalue weighted by Gasteiger charge is -2.28. The summed E-state index contributed by atoms with van der Waals surface area (Å²) in [6, 6.07) is 5.45. The third kappa shape index (κ3) is 2.58. The van der Waals surface area contributed by atoms with Gasteiger partial charge in [-0.25, -0.2) is 4.39 Å². The SMILES string of the molecule is CN(c1c(F)cccc1CCN)C1CCOC1. The Balaban J connectivity index is 2.28. The summed E-state index contributed by atoms with van der Waals surface area (Å²) in [5, 5.41) is 0.